The van der Waals surface area contributed by atoms with Gasteiger partial charge in [0.05, 0.1) is 6.04 Å². The zero-order chi connectivity index (χ0) is 15.2. The highest BCUT2D eigenvalue weighted by atomic mass is 32.2. The van der Waals surface area contributed by atoms with E-state index in [0.717, 1.165) is 0 Å². The van der Waals surface area contributed by atoms with E-state index in [1.54, 1.807) is 32.5 Å². The number of alkyl carbamates (subject to hydrolysis) is 1. The molecular formula is C11H19N5O3S. The highest BCUT2D eigenvalue weighted by Crippen LogP contribution is 2.16. The third kappa shape index (κ3) is 5.58. The van der Waals surface area contributed by atoms with Crippen molar-refractivity contribution < 1.29 is 14.3 Å². The second-order valence-electron chi connectivity index (χ2n) is 5.27. The number of amides is 2. The smallest absolute Gasteiger partial charge is 0.407 e. The van der Waals surface area contributed by atoms with Crippen LogP contribution < -0.4 is 10.6 Å². The van der Waals surface area contributed by atoms with Crippen molar-refractivity contribution in [2.75, 3.05) is 18.1 Å². The Kier molecular flexibility index (Phi) is 5.97. The van der Waals surface area contributed by atoms with Crippen molar-refractivity contribution in [3.05, 3.63) is 10.4 Å². The Labute approximate surface area is 121 Å². The molecule has 8 nitrogen and oxygen atoms in total. The molecule has 112 valence electrons. The van der Waals surface area contributed by atoms with Gasteiger partial charge < -0.3 is 15.4 Å². The van der Waals surface area contributed by atoms with Crippen molar-refractivity contribution in [3.63, 3.8) is 0 Å². The fraction of sp³-hybridized carbons (Fsp3) is 0.818. The Morgan fingerprint density at radius 3 is 2.85 bits per heavy atom. The predicted octanol–water partition coefficient (Wildman–Crippen LogP) is 1.42. The van der Waals surface area contributed by atoms with E-state index in [1.165, 1.54) is 0 Å². The number of azide groups is 1. The van der Waals surface area contributed by atoms with Gasteiger partial charge in [-0.15, -0.1) is 0 Å². The fourth-order valence-electron chi connectivity index (χ4n) is 1.50. The van der Waals surface area contributed by atoms with Crippen LogP contribution in [0.4, 0.5) is 4.79 Å². The summed E-state index contributed by atoms with van der Waals surface area (Å²) in [4.78, 5) is 25.1. The lowest BCUT2D eigenvalue weighted by atomic mass is 10.0. The first kappa shape index (κ1) is 16.5. The summed E-state index contributed by atoms with van der Waals surface area (Å²) < 4.78 is 5.09. The van der Waals surface area contributed by atoms with Gasteiger partial charge in [-0.2, -0.15) is 11.8 Å². The largest absolute Gasteiger partial charge is 0.444 e. The topological polar surface area (TPSA) is 116 Å². The molecule has 0 spiro atoms. The van der Waals surface area contributed by atoms with Crippen molar-refractivity contribution in [3.8, 4) is 0 Å². The lowest BCUT2D eigenvalue weighted by molar-refractivity contribution is -0.129. The second-order valence-corrected chi connectivity index (χ2v) is 6.42. The molecule has 1 saturated heterocycles. The molecule has 2 amide bonds. The predicted molar refractivity (Wildman–Crippen MR) is 76.4 cm³/mol. The molecule has 0 radical (unpaired) electrons. The summed E-state index contributed by atoms with van der Waals surface area (Å²) in [6.07, 6.45) is -0.443. The highest BCUT2D eigenvalue weighted by Gasteiger charge is 2.37. The molecule has 2 atom stereocenters. The van der Waals surface area contributed by atoms with E-state index >= 15 is 0 Å². The molecule has 0 bridgehead atoms. The molecule has 1 rings (SSSR count). The van der Waals surface area contributed by atoms with Crippen LogP contribution in [0.5, 0.6) is 0 Å². The Balaban J connectivity index is 2.10. The van der Waals surface area contributed by atoms with Gasteiger partial charge in [0, 0.05) is 23.0 Å². The van der Waals surface area contributed by atoms with Gasteiger partial charge in [0.1, 0.15) is 11.6 Å². The number of rotatable bonds is 6. The number of hydrogen-bond donors (Lipinski definition) is 2. The Morgan fingerprint density at radius 2 is 2.30 bits per heavy atom. The van der Waals surface area contributed by atoms with Gasteiger partial charge in [-0.3, -0.25) is 4.79 Å². The third-order valence-electron chi connectivity index (χ3n) is 2.37. The van der Waals surface area contributed by atoms with Crippen molar-refractivity contribution >= 4 is 23.8 Å². The van der Waals surface area contributed by atoms with E-state index in [1.807, 2.05) is 0 Å². The SMILES string of the molecule is CC(C)(C)OC(=O)NCCSC[C@@H]1NC(=O)[C@H]1N=[N+]=[N-]. The normalized spacial score (nSPS) is 21.2. The third-order valence-corrected chi connectivity index (χ3v) is 3.45. The number of β-lactam (4-membered cyclic amide) rings is 1. The molecule has 0 unspecified atom stereocenters. The molecule has 1 aliphatic rings. The van der Waals surface area contributed by atoms with Gasteiger partial charge >= 0.3 is 6.09 Å². The number of hydrogen-bond acceptors (Lipinski definition) is 5. The highest BCUT2D eigenvalue weighted by molar-refractivity contribution is 7.99. The molecule has 0 aliphatic carbocycles. The van der Waals surface area contributed by atoms with Crippen molar-refractivity contribution in [1.82, 2.24) is 10.6 Å². The molecule has 1 fully saturated rings. The molecule has 9 heteroatoms. The van der Waals surface area contributed by atoms with E-state index in [0.29, 0.717) is 18.1 Å². The van der Waals surface area contributed by atoms with Gasteiger partial charge in [0.15, 0.2) is 0 Å². The first-order chi connectivity index (χ1) is 9.33. The standard InChI is InChI=1S/C11H19N5O3S/c1-11(2,3)19-10(18)13-4-5-20-6-7-8(15-16-12)9(17)14-7/h7-8H,4-6H2,1-3H3,(H,13,18)(H,14,17)/t7-,8-/m0/s1. The van der Waals surface area contributed by atoms with E-state index in [2.05, 4.69) is 20.7 Å². The molecule has 1 heterocycles. The Bertz CT molecular complexity index is 415. The van der Waals surface area contributed by atoms with Gasteiger partial charge in [-0.25, -0.2) is 4.79 Å². The van der Waals surface area contributed by atoms with Crippen LogP contribution in [0.25, 0.3) is 10.4 Å². The van der Waals surface area contributed by atoms with Crippen molar-refractivity contribution in [1.29, 1.82) is 0 Å². The van der Waals surface area contributed by atoms with Crippen LogP contribution in [0.2, 0.25) is 0 Å². The minimum atomic E-state index is -0.605. The van der Waals surface area contributed by atoms with Crippen LogP contribution in [0, 0.1) is 0 Å². The van der Waals surface area contributed by atoms with Gasteiger partial charge in [-0.05, 0) is 26.3 Å². The average Bonchev–Trinajstić information content (AvgIpc) is 2.32. The van der Waals surface area contributed by atoms with Gasteiger partial charge in [0.25, 0.3) is 0 Å². The van der Waals surface area contributed by atoms with Gasteiger partial charge in [-0.1, -0.05) is 5.11 Å². The number of carbonyl (C=O) groups excluding carboxylic acids is 2. The molecule has 0 saturated carbocycles. The van der Waals surface area contributed by atoms with Crippen LogP contribution in [0.15, 0.2) is 5.11 Å². The monoisotopic (exact) mass is 301 g/mol. The molecule has 1 aliphatic heterocycles. The minimum absolute atomic E-state index is 0.120. The summed E-state index contributed by atoms with van der Waals surface area (Å²) in [7, 11) is 0. The van der Waals surface area contributed by atoms with Crippen LogP contribution in [-0.4, -0.2) is 47.7 Å². The lowest BCUT2D eigenvalue weighted by Crippen LogP contribution is -2.62. The zero-order valence-corrected chi connectivity index (χ0v) is 12.6. The van der Waals surface area contributed by atoms with E-state index in [4.69, 9.17) is 10.3 Å². The summed E-state index contributed by atoms with van der Waals surface area (Å²) in [5, 5.41) is 8.74. The van der Waals surface area contributed by atoms with E-state index in [9.17, 15) is 9.59 Å². The van der Waals surface area contributed by atoms with Gasteiger partial charge in [0.2, 0.25) is 5.91 Å². The number of thioether (sulfide) groups is 1. The Morgan fingerprint density at radius 1 is 1.60 bits per heavy atom. The number of carbonyl (C=O) groups is 2. The van der Waals surface area contributed by atoms with Crippen molar-refractivity contribution in [2.24, 2.45) is 5.11 Å². The molecule has 0 aromatic heterocycles. The minimum Gasteiger partial charge on any atom is -0.444 e. The van der Waals surface area contributed by atoms with E-state index in [-0.39, 0.29) is 11.9 Å². The number of nitrogens with one attached hydrogen (secondary N) is 2. The summed E-state index contributed by atoms with van der Waals surface area (Å²) in [6, 6.07) is -0.726. The molecule has 0 aromatic rings. The first-order valence-corrected chi connectivity index (χ1v) is 7.38. The molecule has 20 heavy (non-hydrogen) atoms. The van der Waals surface area contributed by atoms with Crippen LogP contribution in [0.3, 0.4) is 0 Å². The zero-order valence-electron chi connectivity index (χ0n) is 11.8. The maximum absolute atomic E-state index is 11.3. The molecule has 0 aromatic carbocycles. The quantitative estimate of drug-likeness (QED) is 0.254. The van der Waals surface area contributed by atoms with Crippen molar-refractivity contribution in [2.45, 2.75) is 38.5 Å². The van der Waals surface area contributed by atoms with E-state index < -0.39 is 17.7 Å². The molecule has 2 N–H and O–H groups in total. The maximum atomic E-state index is 11.3. The fourth-order valence-corrected chi connectivity index (χ4v) is 2.44. The van der Waals surface area contributed by atoms with Crippen LogP contribution in [-0.2, 0) is 9.53 Å². The van der Waals surface area contributed by atoms with Crippen LogP contribution >= 0.6 is 11.8 Å². The summed E-state index contributed by atoms with van der Waals surface area (Å²) >= 11 is 1.56. The second kappa shape index (κ2) is 7.25. The average molecular weight is 301 g/mol. The lowest BCUT2D eigenvalue weighted by Gasteiger charge is -2.33. The first-order valence-electron chi connectivity index (χ1n) is 6.22. The maximum Gasteiger partial charge on any atom is 0.407 e. The summed E-state index contributed by atoms with van der Waals surface area (Å²) in [5.41, 5.74) is 7.81. The Hall–Kier alpha value is -1.60. The van der Waals surface area contributed by atoms with Crippen LogP contribution in [0.1, 0.15) is 20.8 Å². The number of ether oxygens (including phenoxy) is 1. The molecular weight excluding hydrogens is 282 g/mol. The summed E-state index contributed by atoms with van der Waals surface area (Å²) in [5.74, 6) is 1.10. The summed E-state index contributed by atoms with van der Waals surface area (Å²) in [6.45, 7) is 5.88. The number of nitrogens with zero attached hydrogens (tertiary/aromatic N) is 3.